The molecule has 1 unspecified atom stereocenters. The first-order valence-electron chi connectivity index (χ1n) is 37.7. The van der Waals surface area contributed by atoms with E-state index in [1.54, 1.807) is 0 Å². The van der Waals surface area contributed by atoms with Gasteiger partial charge in [0.25, 0.3) is 28.8 Å². The van der Waals surface area contributed by atoms with E-state index in [1.807, 2.05) is 9.97 Å². The van der Waals surface area contributed by atoms with Gasteiger partial charge in [0.15, 0.2) is 18.9 Å². The molecule has 3 aliphatic carbocycles. The summed E-state index contributed by atoms with van der Waals surface area (Å²) in [5, 5.41) is 105. The number of likely N-dealkylation sites (N-methyl/N-ethyl adjacent to an activating group) is 1. The summed E-state index contributed by atoms with van der Waals surface area (Å²) in [5.41, 5.74) is 6.65. The number of hydrogen-bond acceptors (Lipinski definition) is 31. The topological polar surface area (TPSA) is 633 Å². The standard InChI is InChI=1S/C69H109N13O29/c1-30-41(85)24-44(88)65(104-30)110-57-35(17-33(60(95)72-12-10-70)18-36(57)75-62(97)39-22-50(90)80-68(100)77-39)56-38(21-43(87)48(26-83)107-56)74-52(92)28-102-14-15-103-29-53(93)79-54-59(106-47(64(99)82(3)4)16-32-8-6-5-7-9-32)55(94)49(27-84)109-67(54)108-46-20-34(61(96)73-13-11-71)19-37(76-63(98)40-23-51(91)81-69(101)78-40)58(46)111-66-45(89)25-42(86)31(2)105-66/h22-23,30-38,41-49,54-59,65-67,83-89,94H,5-21,24-29,70-71H2,1-4H3,(H,72,95)(H,73,96)(H,74,92)(H,75,97)(H,76,98)(H,79,93)(H2,77,80,90,100)(H2,78,81,91,101)/t30-,31-,33-,34+,35?,36-,37-,38+,41-,42-,43+,44-,45-,46+,47-,48+,49+,54+,55-,56-,57-,58+,59+,65-,66-,67+/m0/s1. The Labute approximate surface area is 636 Å². The van der Waals surface area contributed by atoms with Gasteiger partial charge in [0, 0.05) is 83.0 Å². The first-order valence-corrected chi connectivity index (χ1v) is 37.7. The Morgan fingerprint density at radius 1 is 0.559 bits per heavy atom. The number of aliphatic hydroxyl groups excluding tert-OH is 8. The van der Waals surface area contributed by atoms with Crippen LogP contribution in [0.15, 0.2) is 31.3 Å². The van der Waals surface area contributed by atoms with Gasteiger partial charge in [0.1, 0.15) is 79.5 Å². The number of nitrogens with zero attached hydrogens (tertiary/aromatic N) is 1. The van der Waals surface area contributed by atoms with Crippen LogP contribution in [0.2, 0.25) is 0 Å². The second-order valence-corrected chi connectivity index (χ2v) is 29.6. The third kappa shape index (κ3) is 23.8. The van der Waals surface area contributed by atoms with Crippen LogP contribution in [-0.4, -0.2) is 328 Å². The zero-order valence-electron chi connectivity index (χ0n) is 62.3. The van der Waals surface area contributed by atoms with Gasteiger partial charge >= 0.3 is 11.4 Å². The van der Waals surface area contributed by atoms with Crippen molar-refractivity contribution >= 4 is 41.4 Å². The Morgan fingerprint density at radius 3 is 1.59 bits per heavy atom. The molecule has 7 amide bonds. The van der Waals surface area contributed by atoms with Crippen molar-refractivity contribution < 1.29 is 122 Å². The van der Waals surface area contributed by atoms with E-state index in [4.69, 9.17) is 58.8 Å². The number of aliphatic hydroxyl groups is 8. The van der Waals surface area contributed by atoms with Crippen LogP contribution in [0.1, 0.15) is 118 Å². The van der Waals surface area contributed by atoms with Crippen LogP contribution in [0, 0.1) is 23.7 Å². The van der Waals surface area contributed by atoms with Crippen molar-refractivity contribution in [2.24, 2.45) is 35.1 Å². The molecule has 42 nitrogen and oxygen atoms in total. The highest BCUT2D eigenvalue weighted by molar-refractivity contribution is 5.93. The summed E-state index contributed by atoms with van der Waals surface area (Å²) < 4.78 is 62.7. The SMILES string of the molecule is C[C@@H]1O[C@@H](O[C@@H]2[C@@H](NC(=O)c3cc(=O)[nH]c(=O)[nH]3)C[C@@H](C(=O)NCCN)C[C@H]2O[C@@H]2O[C@H](CO)[C@H](O)[C@H](O[C@@H](CC3CCCCC3)C(=O)N(C)C)[C@H]2NC(=O)COCCOCC(=O)N[C@@H]2C[C@@H](O)[C@@H](CO)O[C@H]2C2C[C@H](C(=O)NCCN)C[C@H](NC(=O)c3cc(=O)[nH]c(=O)[nH]3)[C@H]2O[C@@H]2O[C@@H](C)[C@@H](O)C[C@@H]2O)[C@@H](O)C[C@@H]1O. The van der Waals surface area contributed by atoms with Gasteiger partial charge in [0.2, 0.25) is 23.6 Å². The first kappa shape index (κ1) is 87.8. The van der Waals surface area contributed by atoms with Gasteiger partial charge < -0.3 is 146 Å². The van der Waals surface area contributed by atoms with Crippen molar-refractivity contribution in [1.82, 2.24) is 56.7 Å². The Balaban J connectivity index is 0.951. The van der Waals surface area contributed by atoms with Crippen LogP contribution >= 0.6 is 0 Å². The molecule has 0 spiro atoms. The third-order valence-corrected chi connectivity index (χ3v) is 21.2. The smallest absolute Gasteiger partial charge is 0.326 e. The lowest BCUT2D eigenvalue weighted by Gasteiger charge is -2.50. The summed E-state index contributed by atoms with van der Waals surface area (Å²) in [6.07, 6.45) is -23.9. The molecule has 0 aromatic carbocycles. The highest BCUT2D eigenvalue weighted by Gasteiger charge is 2.56. The summed E-state index contributed by atoms with van der Waals surface area (Å²) in [5.74, 6) is -8.62. The summed E-state index contributed by atoms with van der Waals surface area (Å²) in [6.45, 7) is -0.782. The molecule has 7 aliphatic rings. The molecule has 6 heterocycles. The fraction of sp³-hybridized carbons (Fsp3) is 0.783. The van der Waals surface area contributed by atoms with Crippen molar-refractivity contribution in [1.29, 1.82) is 0 Å². The van der Waals surface area contributed by atoms with Gasteiger partial charge in [-0.05, 0) is 58.3 Å². The molecule has 22 N–H and O–H groups in total. The van der Waals surface area contributed by atoms with Gasteiger partial charge in [-0.1, -0.05) is 32.1 Å². The number of nitrogens with two attached hydrogens (primary N) is 2. The zero-order valence-corrected chi connectivity index (χ0v) is 62.3. The molecule has 2 aromatic rings. The number of carbonyl (C=O) groups is 7. The number of carbonyl (C=O) groups excluding carboxylic acids is 7. The van der Waals surface area contributed by atoms with E-state index < -0.39 is 260 Å². The van der Waals surface area contributed by atoms with Gasteiger partial charge in [0.05, 0.1) is 93.4 Å². The predicted octanol–water partition coefficient (Wildman–Crippen LogP) is -8.80. The highest BCUT2D eigenvalue weighted by atomic mass is 16.7. The summed E-state index contributed by atoms with van der Waals surface area (Å²) >= 11 is 0. The van der Waals surface area contributed by atoms with Crippen LogP contribution in [-0.2, 0) is 71.3 Å². The lowest BCUT2D eigenvalue weighted by molar-refractivity contribution is -0.325. The second-order valence-electron chi connectivity index (χ2n) is 29.6. The Bertz CT molecular complexity index is 3600. The summed E-state index contributed by atoms with van der Waals surface area (Å²) in [4.78, 5) is 159. The molecule has 2 aromatic heterocycles. The van der Waals surface area contributed by atoms with E-state index in [1.165, 1.54) is 32.8 Å². The van der Waals surface area contributed by atoms with E-state index in [2.05, 4.69) is 41.9 Å². The number of rotatable bonds is 33. The highest BCUT2D eigenvalue weighted by Crippen LogP contribution is 2.42. The number of amides is 7. The van der Waals surface area contributed by atoms with E-state index in [9.17, 15) is 93.6 Å². The van der Waals surface area contributed by atoms with Crippen molar-refractivity contribution in [3.8, 4) is 0 Å². The average molecular weight is 1580 g/mol. The molecular weight excluding hydrogens is 1470 g/mol. The number of hydrogen-bond donors (Lipinski definition) is 20. The minimum absolute atomic E-state index is 0.00315. The molecule has 111 heavy (non-hydrogen) atoms. The molecular formula is C69H109N13O29. The molecule has 0 radical (unpaired) electrons. The normalized spacial score (nSPS) is 34.3. The molecule has 4 saturated heterocycles. The number of aromatic amines is 4. The number of ether oxygens (including phenoxy) is 10. The fourth-order valence-electron chi connectivity index (χ4n) is 15.5. The van der Waals surface area contributed by atoms with Crippen molar-refractivity contribution in [3.05, 3.63) is 65.2 Å². The Kier molecular flexibility index (Phi) is 32.6. The number of H-pyrrole nitrogens is 4. The van der Waals surface area contributed by atoms with Crippen molar-refractivity contribution in [2.75, 3.05) is 79.9 Å². The molecule has 0 bridgehead atoms. The second kappa shape index (κ2) is 41.2. The molecule has 624 valence electrons. The maximum Gasteiger partial charge on any atom is 0.326 e. The lowest BCUT2D eigenvalue weighted by atomic mass is 9.70. The molecule has 26 atom stereocenters. The van der Waals surface area contributed by atoms with E-state index in [-0.39, 0.29) is 96.7 Å². The number of aromatic nitrogens is 4. The molecule has 7 fully saturated rings. The van der Waals surface area contributed by atoms with Crippen LogP contribution in [0.3, 0.4) is 0 Å². The lowest BCUT2D eigenvalue weighted by Crippen LogP contribution is -2.68. The van der Waals surface area contributed by atoms with E-state index in [0.717, 1.165) is 44.2 Å². The predicted molar refractivity (Wildman–Crippen MR) is 380 cm³/mol. The van der Waals surface area contributed by atoms with E-state index >= 15 is 0 Å². The Morgan fingerprint density at radius 2 is 1.07 bits per heavy atom. The third-order valence-electron chi connectivity index (χ3n) is 21.2. The first-order chi connectivity index (χ1) is 52.9. The van der Waals surface area contributed by atoms with Crippen LogP contribution < -0.4 is 65.9 Å². The van der Waals surface area contributed by atoms with E-state index in [0.29, 0.717) is 0 Å². The molecule has 9 rings (SSSR count). The van der Waals surface area contributed by atoms with Crippen LogP contribution in [0.4, 0.5) is 0 Å². The van der Waals surface area contributed by atoms with Crippen LogP contribution in [0.25, 0.3) is 0 Å². The summed E-state index contributed by atoms with van der Waals surface area (Å²) in [7, 11) is 3.01. The fourth-order valence-corrected chi connectivity index (χ4v) is 15.5. The monoisotopic (exact) mass is 1580 g/mol. The average Bonchev–Trinajstić information content (AvgIpc) is 0.789. The molecule has 4 aliphatic heterocycles. The zero-order chi connectivity index (χ0) is 80.5. The largest absolute Gasteiger partial charge is 0.394 e. The van der Waals surface area contributed by atoms with Gasteiger partial charge in [-0.25, -0.2) is 9.59 Å². The van der Waals surface area contributed by atoms with Gasteiger partial charge in [-0.15, -0.1) is 0 Å². The maximum atomic E-state index is 14.5. The van der Waals surface area contributed by atoms with Gasteiger partial charge in [-0.3, -0.25) is 53.1 Å². The Hall–Kier alpha value is -7.15. The summed E-state index contributed by atoms with van der Waals surface area (Å²) in [6, 6.07) is -3.84. The maximum absolute atomic E-state index is 14.5. The van der Waals surface area contributed by atoms with Gasteiger partial charge in [-0.2, -0.15) is 0 Å². The minimum atomic E-state index is -1.85. The number of nitrogens with one attached hydrogen (secondary N) is 10. The molecule has 3 saturated carbocycles. The van der Waals surface area contributed by atoms with Crippen LogP contribution in [0.5, 0.6) is 0 Å². The molecule has 42 heteroatoms. The van der Waals surface area contributed by atoms with Crippen molar-refractivity contribution in [2.45, 2.75) is 238 Å². The minimum Gasteiger partial charge on any atom is -0.394 e. The van der Waals surface area contributed by atoms with Crippen molar-refractivity contribution in [3.63, 3.8) is 0 Å². The quantitative estimate of drug-likeness (QED) is 0.0295.